The molecular weight excluding hydrogens is 220 g/mol. The molecule has 1 aromatic heterocycles. The normalized spacial score (nSPS) is 14.8. The Bertz CT molecular complexity index is 301. The lowest BCUT2D eigenvalue weighted by molar-refractivity contribution is 0.373. The maximum absolute atomic E-state index is 5.63. The summed E-state index contributed by atoms with van der Waals surface area (Å²) in [7, 11) is 1.70. The number of thiophene rings is 1. The Balaban J connectivity index is 2.66. The molecule has 0 bridgehead atoms. The molecule has 0 radical (unpaired) electrons. The number of hydrogen-bond donors (Lipinski definition) is 2. The van der Waals surface area contributed by atoms with Crippen molar-refractivity contribution in [1.82, 2.24) is 5.43 Å². The lowest BCUT2D eigenvalue weighted by atomic mass is 9.96. The monoisotopic (exact) mass is 242 g/mol. The van der Waals surface area contributed by atoms with Crippen molar-refractivity contribution in [1.29, 1.82) is 0 Å². The van der Waals surface area contributed by atoms with Crippen LogP contribution in [0.4, 0.5) is 0 Å². The van der Waals surface area contributed by atoms with Crippen molar-refractivity contribution in [3.05, 3.63) is 16.3 Å². The predicted molar refractivity (Wildman–Crippen MR) is 69.6 cm³/mol. The van der Waals surface area contributed by atoms with Crippen LogP contribution in [0.2, 0.25) is 0 Å². The largest absolute Gasteiger partial charge is 0.496 e. The molecule has 0 aliphatic heterocycles. The van der Waals surface area contributed by atoms with Crippen molar-refractivity contribution < 1.29 is 4.74 Å². The van der Waals surface area contributed by atoms with E-state index in [-0.39, 0.29) is 6.04 Å². The van der Waals surface area contributed by atoms with E-state index in [9.17, 15) is 0 Å². The molecule has 0 amide bonds. The lowest BCUT2D eigenvalue weighted by Gasteiger charge is -2.19. The van der Waals surface area contributed by atoms with Gasteiger partial charge in [-0.05, 0) is 23.8 Å². The summed E-state index contributed by atoms with van der Waals surface area (Å²) in [6.07, 6.45) is 3.52. The van der Waals surface area contributed by atoms with E-state index in [4.69, 9.17) is 10.6 Å². The van der Waals surface area contributed by atoms with Gasteiger partial charge in [0.25, 0.3) is 0 Å². The van der Waals surface area contributed by atoms with Crippen molar-refractivity contribution in [3.8, 4) is 5.75 Å². The van der Waals surface area contributed by atoms with Gasteiger partial charge in [0, 0.05) is 0 Å². The van der Waals surface area contributed by atoms with Crippen molar-refractivity contribution in [2.24, 2.45) is 11.8 Å². The summed E-state index contributed by atoms with van der Waals surface area (Å²) in [4.78, 5) is 1.20. The van der Waals surface area contributed by atoms with Gasteiger partial charge in [0.15, 0.2) is 0 Å². The summed E-state index contributed by atoms with van der Waals surface area (Å²) in [5, 5.41) is 2.04. The van der Waals surface area contributed by atoms with E-state index in [1.165, 1.54) is 17.7 Å². The fraction of sp³-hybridized carbons (Fsp3) is 0.667. The molecule has 3 N–H and O–H groups in total. The number of hydrogen-bond acceptors (Lipinski definition) is 4. The molecule has 0 spiro atoms. The minimum absolute atomic E-state index is 0.205. The van der Waals surface area contributed by atoms with Crippen molar-refractivity contribution in [3.63, 3.8) is 0 Å². The minimum atomic E-state index is 0.205. The Kier molecular flexibility index (Phi) is 5.80. The molecule has 92 valence electrons. The molecule has 16 heavy (non-hydrogen) atoms. The number of methoxy groups -OCH3 is 1. The Morgan fingerprint density at radius 3 is 2.88 bits per heavy atom. The first-order valence-corrected chi connectivity index (χ1v) is 6.68. The van der Waals surface area contributed by atoms with Gasteiger partial charge in [0.05, 0.1) is 18.0 Å². The van der Waals surface area contributed by atoms with Crippen LogP contribution in [0.3, 0.4) is 0 Å². The van der Waals surface area contributed by atoms with Gasteiger partial charge in [-0.3, -0.25) is 11.3 Å². The van der Waals surface area contributed by atoms with E-state index in [2.05, 4.69) is 19.3 Å². The first-order valence-electron chi connectivity index (χ1n) is 5.80. The predicted octanol–water partition coefficient (Wildman–Crippen LogP) is 3.09. The molecule has 1 heterocycles. The summed E-state index contributed by atoms with van der Waals surface area (Å²) in [5.41, 5.74) is 2.90. The van der Waals surface area contributed by atoms with Crippen LogP contribution in [0.15, 0.2) is 11.4 Å². The van der Waals surface area contributed by atoms with E-state index < -0.39 is 0 Å². The fourth-order valence-corrected chi connectivity index (χ4v) is 2.93. The first-order chi connectivity index (χ1) is 7.72. The zero-order valence-corrected chi connectivity index (χ0v) is 11.1. The molecule has 1 aromatic rings. The second-order valence-electron chi connectivity index (χ2n) is 4.20. The van der Waals surface area contributed by atoms with Gasteiger partial charge in [-0.1, -0.05) is 26.7 Å². The smallest absolute Gasteiger partial charge is 0.134 e. The van der Waals surface area contributed by atoms with Gasteiger partial charge in [-0.15, -0.1) is 11.3 Å². The number of nitrogens with two attached hydrogens (primary N) is 1. The van der Waals surface area contributed by atoms with E-state index in [0.29, 0.717) is 5.92 Å². The SMILES string of the molecule is CCCC(C)CC(NN)c1sccc1OC. The summed E-state index contributed by atoms with van der Waals surface area (Å²) in [5.74, 6) is 7.25. The van der Waals surface area contributed by atoms with Gasteiger partial charge >= 0.3 is 0 Å². The Labute approximate surface area is 102 Å². The summed E-state index contributed by atoms with van der Waals surface area (Å²) < 4.78 is 5.32. The molecule has 1 rings (SSSR count). The molecule has 4 heteroatoms. The molecule has 0 fully saturated rings. The molecular formula is C12H22N2OS. The molecule has 0 saturated carbocycles. The van der Waals surface area contributed by atoms with Crippen LogP contribution in [0, 0.1) is 5.92 Å². The second kappa shape index (κ2) is 6.89. The van der Waals surface area contributed by atoms with E-state index in [1.54, 1.807) is 18.4 Å². The molecule has 0 aromatic carbocycles. The Morgan fingerprint density at radius 1 is 1.56 bits per heavy atom. The second-order valence-corrected chi connectivity index (χ2v) is 5.15. The van der Waals surface area contributed by atoms with Crippen molar-refractivity contribution in [2.45, 2.75) is 39.2 Å². The first kappa shape index (κ1) is 13.5. The van der Waals surface area contributed by atoms with Crippen LogP contribution >= 0.6 is 11.3 Å². The average Bonchev–Trinajstić information content (AvgIpc) is 2.74. The molecule has 2 atom stereocenters. The summed E-state index contributed by atoms with van der Waals surface area (Å²) in [6, 6.07) is 2.20. The van der Waals surface area contributed by atoms with Gasteiger partial charge in [-0.25, -0.2) is 0 Å². The van der Waals surface area contributed by atoms with Crippen LogP contribution in [-0.4, -0.2) is 7.11 Å². The number of ether oxygens (including phenoxy) is 1. The lowest BCUT2D eigenvalue weighted by Crippen LogP contribution is -2.29. The van der Waals surface area contributed by atoms with Crippen molar-refractivity contribution >= 4 is 11.3 Å². The average molecular weight is 242 g/mol. The van der Waals surface area contributed by atoms with E-state index in [0.717, 1.165) is 12.2 Å². The van der Waals surface area contributed by atoms with Gasteiger partial charge in [0.1, 0.15) is 5.75 Å². The number of rotatable bonds is 7. The molecule has 0 saturated heterocycles. The molecule has 3 nitrogen and oxygen atoms in total. The zero-order valence-electron chi connectivity index (χ0n) is 10.3. The molecule has 0 aliphatic rings. The third kappa shape index (κ3) is 3.47. The third-order valence-electron chi connectivity index (χ3n) is 2.81. The van der Waals surface area contributed by atoms with E-state index >= 15 is 0 Å². The van der Waals surface area contributed by atoms with Gasteiger partial charge in [0.2, 0.25) is 0 Å². The van der Waals surface area contributed by atoms with Crippen LogP contribution in [0.25, 0.3) is 0 Å². The van der Waals surface area contributed by atoms with Crippen LogP contribution in [0.5, 0.6) is 5.75 Å². The molecule has 0 aliphatic carbocycles. The highest BCUT2D eigenvalue weighted by atomic mass is 32.1. The highest BCUT2D eigenvalue weighted by Crippen LogP contribution is 2.34. The maximum Gasteiger partial charge on any atom is 0.134 e. The Morgan fingerprint density at radius 2 is 2.31 bits per heavy atom. The minimum Gasteiger partial charge on any atom is -0.496 e. The summed E-state index contributed by atoms with van der Waals surface area (Å²) in [6.45, 7) is 4.49. The van der Waals surface area contributed by atoms with Crippen LogP contribution in [-0.2, 0) is 0 Å². The Hall–Kier alpha value is -0.580. The highest BCUT2D eigenvalue weighted by Gasteiger charge is 2.18. The fourth-order valence-electron chi connectivity index (χ4n) is 2.00. The molecule has 2 unspecified atom stereocenters. The van der Waals surface area contributed by atoms with E-state index in [1.807, 2.05) is 11.4 Å². The third-order valence-corrected chi connectivity index (χ3v) is 3.83. The highest BCUT2D eigenvalue weighted by molar-refractivity contribution is 7.10. The number of hydrazine groups is 1. The quantitative estimate of drug-likeness (QED) is 0.570. The van der Waals surface area contributed by atoms with Crippen LogP contribution in [0.1, 0.15) is 44.0 Å². The van der Waals surface area contributed by atoms with Gasteiger partial charge in [-0.2, -0.15) is 0 Å². The van der Waals surface area contributed by atoms with Gasteiger partial charge < -0.3 is 4.74 Å². The standard InChI is InChI=1S/C12H22N2OS/c1-4-5-9(2)8-10(14-13)12-11(15-3)6-7-16-12/h6-7,9-10,14H,4-5,8,13H2,1-3H3. The zero-order chi connectivity index (χ0) is 12.0. The topological polar surface area (TPSA) is 47.3 Å². The van der Waals surface area contributed by atoms with Crippen LogP contribution < -0.4 is 16.0 Å². The summed E-state index contributed by atoms with van der Waals surface area (Å²) >= 11 is 1.70. The number of nitrogens with one attached hydrogen (secondary N) is 1. The maximum atomic E-state index is 5.63. The van der Waals surface area contributed by atoms with Crippen molar-refractivity contribution in [2.75, 3.05) is 7.11 Å².